The number of rotatable bonds is 3. The smallest absolute Gasteiger partial charge is 0.317 e. The van der Waals surface area contributed by atoms with Gasteiger partial charge in [0.2, 0.25) is 0 Å². The average molecular weight is 286 g/mol. The monoisotopic (exact) mass is 286 g/mol. The lowest BCUT2D eigenvalue weighted by Crippen LogP contribution is -2.54. The van der Waals surface area contributed by atoms with Crippen LogP contribution >= 0.6 is 0 Å². The Morgan fingerprint density at radius 1 is 1.35 bits per heavy atom. The Kier molecular flexibility index (Phi) is 4.82. The molecule has 2 saturated heterocycles. The summed E-state index contributed by atoms with van der Waals surface area (Å²) in [5.41, 5.74) is 0. The highest BCUT2D eigenvalue weighted by Crippen LogP contribution is 2.22. The molecule has 0 aromatic carbocycles. The van der Waals surface area contributed by atoms with E-state index < -0.39 is 11.9 Å². The number of urea groups is 1. The molecule has 0 aromatic rings. The van der Waals surface area contributed by atoms with Gasteiger partial charge in [-0.3, -0.25) is 4.79 Å². The second-order valence-corrected chi connectivity index (χ2v) is 5.65. The van der Waals surface area contributed by atoms with Gasteiger partial charge in [-0.1, -0.05) is 6.92 Å². The van der Waals surface area contributed by atoms with Crippen molar-refractivity contribution in [3.05, 3.63) is 0 Å². The van der Waals surface area contributed by atoms with Gasteiger partial charge in [-0.05, 0) is 12.3 Å². The first-order valence-electron chi connectivity index (χ1n) is 6.90. The fourth-order valence-corrected chi connectivity index (χ4v) is 2.85. The number of ether oxygens (including phenoxy) is 2. The molecule has 7 nitrogen and oxygen atoms in total. The quantitative estimate of drug-likeness (QED) is 0.771. The first-order chi connectivity index (χ1) is 9.51. The van der Waals surface area contributed by atoms with E-state index in [0.717, 1.165) is 0 Å². The summed E-state index contributed by atoms with van der Waals surface area (Å²) < 4.78 is 10.5. The molecule has 2 fully saturated rings. The van der Waals surface area contributed by atoms with Crippen molar-refractivity contribution < 1.29 is 24.2 Å². The van der Waals surface area contributed by atoms with E-state index in [1.54, 1.807) is 12.0 Å². The van der Waals surface area contributed by atoms with Crippen molar-refractivity contribution in [1.29, 1.82) is 0 Å². The van der Waals surface area contributed by atoms with Crippen molar-refractivity contribution in [3.63, 3.8) is 0 Å². The lowest BCUT2D eigenvalue weighted by molar-refractivity contribution is -0.143. The van der Waals surface area contributed by atoms with Crippen LogP contribution in [0.2, 0.25) is 0 Å². The standard InChI is InChI=1S/C13H22N2O5/c1-8-3-9(12(16)17)5-15(4-8)13(18)14-10-6-20-7-11(10)19-2/h8-11H,3-7H2,1-2H3,(H,14,18)(H,16,17)/t8?,9?,10-,11+/m0/s1. The normalized spacial score (nSPS) is 34.0. The molecule has 0 spiro atoms. The highest BCUT2D eigenvalue weighted by atomic mass is 16.5. The summed E-state index contributed by atoms with van der Waals surface area (Å²) in [7, 11) is 1.59. The molecule has 0 radical (unpaired) electrons. The molecule has 2 aliphatic rings. The van der Waals surface area contributed by atoms with Gasteiger partial charge in [0.05, 0.1) is 25.2 Å². The molecule has 2 rings (SSSR count). The second-order valence-electron chi connectivity index (χ2n) is 5.65. The van der Waals surface area contributed by atoms with E-state index in [1.165, 1.54) is 0 Å². The molecule has 2 aliphatic heterocycles. The first-order valence-corrected chi connectivity index (χ1v) is 6.90. The van der Waals surface area contributed by atoms with E-state index in [2.05, 4.69) is 5.32 Å². The van der Waals surface area contributed by atoms with Gasteiger partial charge in [0.1, 0.15) is 6.10 Å². The van der Waals surface area contributed by atoms with Gasteiger partial charge in [-0.15, -0.1) is 0 Å². The van der Waals surface area contributed by atoms with E-state index in [1.807, 2.05) is 6.92 Å². The molecule has 4 atom stereocenters. The Hall–Kier alpha value is -1.34. The zero-order chi connectivity index (χ0) is 14.7. The summed E-state index contributed by atoms with van der Waals surface area (Å²) in [5, 5.41) is 12.0. The Morgan fingerprint density at radius 3 is 2.75 bits per heavy atom. The Labute approximate surface area is 118 Å². The summed E-state index contributed by atoms with van der Waals surface area (Å²) >= 11 is 0. The fraction of sp³-hybridized carbons (Fsp3) is 0.846. The van der Waals surface area contributed by atoms with Gasteiger partial charge < -0.3 is 24.8 Å². The third kappa shape index (κ3) is 3.40. The van der Waals surface area contributed by atoms with Crippen molar-refractivity contribution in [2.75, 3.05) is 33.4 Å². The van der Waals surface area contributed by atoms with Crippen LogP contribution in [0.4, 0.5) is 4.79 Å². The molecule has 0 aromatic heterocycles. The lowest BCUT2D eigenvalue weighted by atomic mass is 9.91. The van der Waals surface area contributed by atoms with Crippen LogP contribution in [-0.4, -0.2) is 67.6 Å². The second kappa shape index (κ2) is 6.41. The van der Waals surface area contributed by atoms with Crippen LogP contribution in [0.3, 0.4) is 0 Å². The molecule has 7 heteroatoms. The van der Waals surface area contributed by atoms with Crippen molar-refractivity contribution in [3.8, 4) is 0 Å². The molecular formula is C13H22N2O5. The molecular weight excluding hydrogens is 264 g/mol. The molecule has 0 bridgehead atoms. The van der Waals surface area contributed by atoms with Gasteiger partial charge in [0, 0.05) is 20.2 Å². The fourth-order valence-electron chi connectivity index (χ4n) is 2.85. The predicted molar refractivity (Wildman–Crippen MR) is 70.4 cm³/mol. The van der Waals surface area contributed by atoms with Crippen LogP contribution in [0.1, 0.15) is 13.3 Å². The maximum atomic E-state index is 12.2. The predicted octanol–water partition coefficient (Wildman–Crippen LogP) is 0.152. The summed E-state index contributed by atoms with van der Waals surface area (Å²) in [6.45, 7) is 3.70. The van der Waals surface area contributed by atoms with Gasteiger partial charge >= 0.3 is 12.0 Å². The topological polar surface area (TPSA) is 88.1 Å². The Morgan fingerprint density at radius 2 is 2.10 bits per heavy atom. The maximum Gasteiger partial charge on any atom is 0.317 e. The van der Waals surface area contributed by atoms with Crippen LogP contribution in [0.5, 0.6) is 0 Å². The molecule has 114 valence electrons. The van der Waals surface area contributed by atoms with Crippen molar-refractivity contribution in [2.24, 2.45) is 11.8 Å². The van der Waals surface area contributed by atoms with E-state index in [9.17, 15) is 9.59 Å². The number of amides is 2. The van der Waals surface area contributed by atoms with Crippen molar-refractivity contribution >= 4 is 12.0 Å². The van der Waals surface area contributed by atoms with E-state index in [4.69, 9.17) is 14.6 Å². The SMILES string of the molecule is CO[C@@H]1COC[C@@H]1NC(=O)N1CC(C)CC(C(=O)O)C1. The average Bonchev–Trinajstić information content (AvgIpc) is 2.85. The number of nitrogens with one attached hydrogen (secondary N) is 1. The number of carboxylic acid groups (broad SMARTS) is 1. The molecule has 20 heavy (non-hydrogen) atoms. The van der Waals surface area contributed by atoms with Crippen LogP contribution < -0.4 is 5.32 Å². The number of aliphatic carboxylic acids is 1. The van der Waals surface area contributed by atoms with Gasteiger partial charge in [0.15, 0.2) is 0 Å². The summed E-state index contributed by atoms with van der Waals surface area (Å²) in [4.78, 5) is 24.9. The van der Waals surface area contributed by atoms with Crippen LogP contribution in [-0.2, 0) is 14.3 Å². The summed E-state index contributed by atoms with van der Waals surface area (Å²) in [6, 6.07) is -0.409. The Balaban J connectivity index is 1.92. The maximum absolute atomic E-state index is 12.2. The third-order valence-electron chi connectivity index (χ3n) is 3.94. The molecule has 2 amide bonds. The molecule has 0 saturated carbocycles. The Bertz CT molecular complexity index is 376. The minimum atomic E-state index is -0.840. The molecule has 0 aliphatic carbocycles. The van der Waals surface area contributed by atoms with E-state index in [-0.39, 0.29) is 30.6 Å². The largest absolute Gasteiger partial charge is 0.481 e. The number of hydrogen-bond acceptors (Lipinski definition) is 4. The van der Waals surface area contributed by atoms with Gasteiger partial charge in [0.25, 0.3) is 0 Å². The van der Waals surface area contributed by atoms with Gasteiger partial charge in [-0.25, -0.2) is 4.79 Å². The number of carboxylic acids is 1. The zero-order valence-electron chi connectivity index (χ0n) is 11.9. The number of nitrogens with zero attached hydrogens (tertiary/aromatic N) is 1. The van der Waals surface area contributed by atoms with Crippen LogP contribution in [0.25, 0.3) is 0 Å². The van der Waals surface area contributed by atoms with Crippen LogP contribution in [0, 0.1) is 11.8 Å². The zero-order valence-corrected chi connectivity index (χ0v) is 11.9. The molecule has 2 N–H and O–H groups in total. The number of likely N-dealkylation sites (tertiary alicyclic amines) is 1. The highest BCUT2D eigenvalue weighted by molar-refractivity contribution is 5.77. The number of methoxy groups -OCH3 is 1. The van der Waals surface area contributed by atoms with Crippen LogP contribution in [0.15, 0.2) is 0 Å². The summed E-state index contributed by atoms with van der Waals surface area (Å²) in [6.07, 6.45) is 0.475. The molecule has 2 heterocycles. The number of piperidine rings is 1. The van der Waals surface area contributed by atoms with Gasteiger partial charge in [-0.2, -0.15) is 0 Å². The number of hydrogen-bond donors (Lipinski definition) is 2. The lowest BCUT2D eigenvalue weighted by Gasteiger charge is -2.35. The van der Waals surface area contributed by atoms with E-state index in [0.29, 0.717) is 26.2 Å². The third-order valence-corrected chi connectivity index (χ3v) is 3.94. The highest BCUT2D eigenvalue weighted by Gasteiger charge is 2.35. The summed E-state index contributed by atoms with van der Waals surface area (Å²) in [5.74, 6) is -1.13. The minimum absolute atomic E-state index is 0.142. The number of carbonyl (C=O) groups is 2. The van der Waals surface area contributed by atoms with Crippen molar-refractivity contribution in [1.82, 2.24) is 10.2 Å². The van der Waals surface area contributed by atoms with E-state index >= 15 is 0 Å². The minimum Gasteiger partial charge on any atom is -0.481 e. The molecule has 2 unspecified atom stereocenters. The van der Waals surface area contributed by atoms with Crippen molar-refractivity contribution in [2.45, 2.75) is 25.5 Å². The number of carbonyl (C=O) groups excluding carboxylic acids is 1. The first kappa shape index (κ1) is 15.1.